The van der Waals surface area contributed by atoms with Crippen LogP contribution in [0.15, 0.2) is 4.52 Å². The first-order chi connectivity index (χ1) is 11.4. The van der Waals surface area contributed by atoms with Gasteiger partial charge in [-0.15, -0.1) is 0 Å². The third kappa shape index (κ3) is 3.12. The number of carbonyl (C=O) groups is 2. The Morgan fingerprint density at radius 2 is 2.08 bits per heavy atom. The van der Waals surface area contributed by atoms with Crippen LogP contribution in [0.1, 0.15) is 43.7 Å². The molecule has 3 fully saturated rings. The van der Waals surface area contributed by atoms with Crippen molar-refractivity contribution in [2.75, 3.05) is 13.1 Å². The lowest BCUT2D eigenvalue weighted by Gasteiger charge is -2.35. The van der Waals surface area contributed by atoms with Crippen molar-refractivity contribution in [2.45, 2.75) is 59.2 Å². The zero-order chi connectivity index (χ0) is 17.4. The predicted octanol–water partition coefficient (Wildman–Crippen LogP) is 2.26. The Morgan fingerprint density at radius 3 is 2.71 bits per heavy atom. The Kier molecular flexibility index (Phi) is 4.51. The molecular weight excluding hydrogens is 310 g/mol. The highest BCUT2D eigenvalue weighted by atomic mass is 16.6. The molecule has 7 nitrogen and oxygen atoms in total. The Labute approximate surface area is 141 Å². The summed E-state index contributed by atoms with van der Waals surface area (Å²) < 4.78 is 10.5. The number of fused-ring (bicyclic) bond motifs is 4. The van der Waals surface area contributed by atoms with Crippen molar-refractivity contribution in [3.63, 3.8) is 0 Å². The van der Waals surface area contributed by atoms with Crippen LogP contribution < -0.4 is 0 Å². The Bertz CT molecular complexity index is 620. The highest BCUT2D eigenvalue weighted by molar-refractivity contribution is 5.82. The second kappa shape index (κ2) is 6.45. The largest absolute Gasteiger partial charge is 0.447 e. The van der Waals surface area contributed by atoms with Gasteiger partial charge in [-0.1, -0.05) is 5.16 Å². The first-order valence-electron chi connectivity index (χ1n) is 8.54. The van der Waals surface area contributed by atoms with E-state index in [1.165, 1.54) is 0 Å². The van der Waals surface area contributed by atoms with E-state index in [1.807, 2.05) is 32.6 Å². The second-order valence-electron chi connectivity index (χ2n) is 7.03. The van der Waals surface area contributed by atoms with Gasteiger partial charge in [0.1, 0.15) is 5.76 Å². The molecule has 3 saturated heterocycles. The molecule has 132 valence electrons. The van der Waals surface area contributed by atoms with Gasteiger partial charge in [-0.25, -0.2) is 4.79 Å². The minimum absolute atomic E-state index is 0.0182. The van der Waals surface area contributed by atoms with Crippen LogP contribution in [0.4, 0.5) is 4.79 Å². The Hall–Kier alpha value is -2.05. The quantitative estimate of drug-likeness (QED) is 0.847. The smallest absolute Gasteiger partial charge is 0.410 e. The van der Waals surface area contributed by atoms with Gasteiger partial charge in [-0.2, -0.15) is 0 Å². The number of carbonyl (C=O) groups excluding carboxylic acids is 2. The number of nitrogens with zero attached hydrogens (tertiary/aromatic N) is 3. The van der Waals surface area contributed by atoms with Gasteiger partial charge in [0.15, 0.2) is 0 Å². The van der Waals surface area contributed by atoms with Crippen LogP contribution in [0.2, 0.25) is 0 Å². The molecule has 3 aliphatic rings. The molecule has 2 atom stereocenters. The number of aryl methyl sites for hydroxylation is 2. The SMILES string of the molecule is Cc1noc(C)c1CN1C(=O)[C@H]2CC[C@@H]1CN(C(=O)OC(C)C)C2. The maximum Gasteiger partial charge on any atom is 0.410 e. The predicted molar refractivity (Wildman–Crippen MR) is 86.2 cm³/mol. The zero-order valence-electron chi connectivity index (χ0n) is 14.7. The van der Waals surface area contributed by atoms with Crippen molar-refractivity contribution in [1.29, 1.82) is 0 Å². The molecule has 0 aromatic carbocycles. The van der Waals surface area contributed by atoms with E-state index in [0.29, 0.717) is 19.6 Å². The lowest BCUT2D eigenvalue weighted by atomic mass is 9.93. The van der Waals surface area contributed by atoms with Gasteiger partial charge in [0.05, 0.1) is 24.3 Å². The van der Waals surface area contributed by atoms with E-state index in [2.05, 4.69) is 5.16 Å². The number of amides is 2. The van der Waals surface area contributed by atoms with E-state index in [0.717, 1.165) is 29.9 Å². The Morgan fingerprint density at radius 1 is 1.33 bits per heavy atom. The number of ether oxygens (including phenoxy) is 1. The molecule has 1 aromatic heterocycles. The summed E-state index contributed by atoms with van der Waals surface area (Å²) in [4.78, 5) is 28.7. The molecule has 0 N–H and O–H groups in total. The summed E-state index contributed by atoms with van der Waals surface area (Å²) in [6, 6.07) is 0.0182. The van der Waals surface area contributed by atoms with E-state index in [-0.39, 0.29) is 30.1 Å². The molecule has 24 heavy (non-hydrogen) atoms. The van der Waals surface area contributed by atoms with Crippen molar-refractivity contribution < 1.29 is 18.8 Å². The van der Waals surface area contributed by atoms with Crippen molar-refractivity contribution in [3.05, 3.63) is 17.0 Å². The van der Waals surface area contributed by atoms with Crippen molar-refractivity contribution >= 4 is 12.0 Å². The molecule has 0 saturated carbocycles. The van der Waals surface area contributed by atoms with Gasteiger partial charge in [0, 0.05) is 24.7 Å². The first kappa shape index (κ1) is 16.8. The van der Waals surface area contributed by atoms with Crippen LogP contribution in [0, 0.1) is 19.8 Å². The molecule has 2 bridgehead atoms. The monoisotopic (exact) mass is 335 g/mol. The Balaban J connectivity index is 1.79. The minimum atomic E-state index is -0.325. The van der Waals surface area contributed by atoms with Crippen molar-refractivity contribution in [1.82, 2.24) is 15.0 Å². The van der Waals surface area contributed by atoms with Crippen molar-refractivity contribution in [2.24, 2.45) is 5.92 Å². The summed E-state index contributed by atoms with van der Waals surface area (Å²) in [7, 11) is 0. The number of piperidine rings is 1. The fraction of sp³-hybridized carbons (Fsp3) is 0.706. The van der Waals surface area contributed by atoms with E-state index in [4.69, 9.17) is 9.26 Å². The second-order valence-corrected chi connectivity index (χ2v) is 7.03. The molecule has 0 unspecified atom stereocenters. The molecule has 4 rings (SSSR count). The van der Waals surface area contributed by atoms with Crippen LogP contribution >= 0.6 is 0 Å². The van der Waals surface area contributed by atoms with Crippen molar-refractivity contribution in [3.8, 4) is 0 Å². The summed E-state index contributed by atoms with van der Waals surface area (Å²) in [5.41, 5.74) is 1.78. The number of aromatic nitrogens is 1. The molecule has 1 aromatic rings. The van der Waals surface area contributed by atoms with Gasteiger partial charge in [0.2, 0.25) is 5.91 Å². The zero-order valence-corrected chi connectivity index (χ0v) is 14.7. The van der Waals surface area contributed by atoms with Crippen LogP contribution in [0.5, 0.6) is 0 Å². The molecular formula is C17H25N3O4. The molecule has 0 spiro atoms. The molecule has 0 aliphatic carbocycles. The average Bonchev–Trinajstić information content (AvgIpc) is 2.69. The topological polar surface area (TPSA) is 75.9 Å². The molecule has 7 heteroatoms. The van der Waals surface area contributed by atoms with E-state index in [9.17, 15) is 9.59 Å². The van der Waals surface area contributed by atoms with E-state index >= 15 is 0 Å². The van der Waals surface area contributed by atoms with Crippen LogP contribution in [0.25, 0.3) is 0 Å². The molecule has 4 heterocycles. The molecule has 3 aliphatic heterocycles. The fourth-order valence-electron chi connectivity index (χ4n) is 3.57. The third-order valence-electron chi connectivity index (χ3n) is 4.90. The summed E-state index contributed by atoms with van der Waals surface area (Å²) in [5, 5.41) is 3.97. The lowest BCUT2D eigenvalue weighted by Crippen LogP contribution is -2.47. The van der Waals surface area contributed by atoms with Gasteiger partial charge < -0.3 is 19.1 Å². The fourth-order valence-corrected chi connectivity index (χ4v) is 3.57. The summed E-state index contributed by atoms with van der Waals surface area (Å²) in [6.07, 6.45) is 1.25. The van der Waals surface area contributed by atoms with Crippen LogP contribution in [-0.2, 0) is 16.1 Å². The number of hydrogen-bond acceptors (Lipinski definition) is 5. The summed E-state index contributed by atoms with van der Waals surface area (Å²) in [5.74, 6) is 0.714. The van der Waals surface area contributed by atoms with Gasteiger partial charge in [-0.3, -0.25) is 4.79 Å². The third-order valence-corrected chi connectivity index (χ3v) is 4.90. The van der Waals surface area contributed by atoms with E-state index in [1.54, 1.807) is 4.90 Å². The highest BCUT2D eigenvalue weighted by Crippen LogP contribution is 2.31. The standard InChI is InChI=1S/C17H25N3O4/c1-10(2)23-17(22)19-7-13-5-6-14(8-19)20(16(13)21)9-15-11(3)18-24-12(15)4/h10,13-14H,5-9H2,1-4H3/t13-,14+/m0/s1. The number of hydrogen-bond donors (Lipinski definition) is 0. The lowest BCUT2D eigenvalue weighted by molar-refractivity contribution is -0.140. The normalized spacial score (nSPS) is 23.8. The summed E-state index contributed by atoms with van der Waals surface area (Å²) in [6.45, 7) is 8.88. The molecule has 0 radical (unpaired) electrons. The van der Waals surface area contributed by atoms with Gasteiger partial charge >= 0.3 is 6.09 Å². The van der Waals surface area contributed by atoms with Gasteiger partial charge in [0.25, 0.3) is 0 Å². The minimum Gasteiger partial charge on any atom is -0.447 e. The highest BCUT2D eigenvalue weighted by Gasteiger charge is 2.42. The van der Waals surface area contributed by atoms with Gasteiger partial charge in [-0.05, 0) is 40.5 Å². The van der Waals surface area contributed by atoms with E-state index < -0.39 is 0 Å². The number of rotatable bonds is 3. The summed E-state index contributed by atoms with van der Waals surface area (Å²) >= 11 is 0. The van der Waals surface area contributed by atoms with Crippen LogP contribution in [-0.4, -0.2) is 52.2 Å². The molecule has 2 amide bonds. The maximum atomic E-state index is 12.8. The first-order valence-corrected chi connectivity index (χ1v) is 8.54. The maximum absolute atomic E-state index is 12.8. The average molecular weight is 335 g/mol. The van der Waals surface area contributed by atoms with Crippen LogP contribution in [0.3, 0.4) is 0 Å².